The van der Waals surface area contributed by atoms with Crippen LogP contribution in [0.1, 0.15) is 10.4 Å². The Morgan fingerprint density at radius 1 is 0.963 bits per heavy atom. The Morgan fingerprint density at radius 3 is 2.22 bits per heavy atom. The summed E-state index contributed by atoms with van der Waals surface area (Å²) in [6.45, 7) is 0.0171. The van der Waals surface area contributed by atoms with Gasteiger partial charge in [0.05, 0.1) is 16.9 Å². The summed E-state index contributed by atoms with van der Waals surface area (Å²) in [6, 6.07) is 11.5. The molecule has 2 rings (SSSR count). The predicted octanol–water partition coefficient (Wildman–Crippen LogP) is 0.807. The topological polar surface area (TPSA) is 119 Å². The van der Waals surface area contributed by atoms with Crippen molar-refractivity contribution in [1.82, 2.24) is 10.0 Å². The molecule has 0 aromatic heterocycles. The van der Waals surface area contributed by atoms with Crippen LogP contribution in [0.15, 0.2) is 58.3 Å². The lowest BCUT2D eigenvalue weighted by Crippen LogP contribution is -2.34. The van der Waals surface area contributed by atoms with E-state index in [0.29, 0.717) is 5.75 Å². The third kappa shape index (κ3) is 5.78. The second-order valence-corrected chi connectivity index (χ2v) is 9.41. The summed E-state index contributed by atoms with van der Waals surface area (Å²) in [6.07, 6.45) is 1.05. The Balaban J connectivity index is 1.91. The van der Waals surface area contributed by atoms with Crippen molar-refractivity contribution in [3.05, 3.63) is 54.1 Å². The van der Waals surface area contributed by atoms with E-state index >= 15 is 0 Å². The summed E-state index contributed by atoms with van der Waals surface area (Å²) >= 11 is 0. The number of hydrogen-bond acceptors (Lipinski definition) is 6. The number of hydrogen-bond donors (Lipinski definition) is 2. The molecule has 2 aromatic carbocycles. The molecule has 146 valence electrons. The molecule has 0 bridgehead atoms. The maximum atomic E-state index is 12.2. The van der Waals surface area contributed by atoms with E-state index in [2.05, 4.69) is 10.0 Å². The summed E-state index contributed by atoms with van der Waals surface area (Å²) in [5, 5.41) is 2.54. The molecule has 0 spiro atoms. The summed E-state index contributed by atoms with van der Waals surface area (Å²) in [5.41, 5.74) is 0.177. The van der Waals surface area contributed by atoms with Gasteiger partial charge in [0, 0.05) is 24.9 Å². The van der Waals surface area contributed by atoms with Crippen LogP contribution in [0.4, 0.5) is 0 Å². The van der Waals surface area contributed by atoms with Crippen LogP contribution in [0.2, 0.25) is 0 Å². The molecule has 0 saturated carbocycles. The molecule has 8 nitrogen and oxygen atoms in total. The van der Waals surface area contributed by atoms with Crippen molar-refractivity contribution >= 4 is 25.8 Å². The second-order valence-electron chi connectivity index (χ2n) is 5.63. The van der Waals surface area contributed by atoms with Crippen LogP contribution in [-0.4, -0.2) is 49.2 Å². The average molecular weight is 412 g/mol. The normalized spacial score (nSPS) is 11.8. The monoisotopic (exact) mass is 412 g/mol. The number of ether oxygens (including phenoxy) is 1. The van der Waals surface area contributed by atoms with Gasteiger partial charge in [0.2, 0.25) is 10.0 Å². The summed E-state index contributed by atoms with van der Waals surface area (Å²) < 4.78 is 54.8. The zero-order chi connectivity index (χ0) is 20.1. The van der Waals surface area contributed by atoms with Gasteiger partial charge in [-0.25, -0.2) is 21.6 Å². The molecule has 2 N–H and O–H groups in total. The van der Waals surface area contributed by atoms with Crippen molar-refractivity contribution < 1.29 is 26.4 Å². The molecule has 1 amide bonds. The second kappa shape index (κ2) is 8.51. The molecule has 10 heteroatoms. The van der Waals surface area contributed by atoms with Gasteiger partial charge in [-0.3, -0.25) is 4.79 Å². The Labute approximate surface area is 158 Å². The first-order valence-electron chi connectivity index (χ1n) is 7.85. The number of carbonyl (C=O) groups excluding carboxylic acids is 1. The zero-order valence-corrected chi connectivity index (χ0v) is 16.4. The van der Waals surface area contributed by atoms with Gasteiger partial charge in [-0.1, -0.05) is 6.07 Å². The largest absolute Gasteiger partial charge is 0.497 e. The smallest absolute Gasteiger partial charge is 0.251 e. The maximum absolute atomic E-state index is 12.2. The number of sulfonamides is 1. The highest BCUT2D eigenvalue weighted by Crippen LogP contribution is 2.15. The Hall–Kier alpha value is -2.43. The molecule has 0 aliphatic carbocycles. The minimum Gasteiger partial charge on any atom is -0.497 e. The molecule has 0 heterocycles. The molecule has 2 aromatic rings. The van der Waals surface area contributed by atoms with Crippen LogP contribution in [0, 0.1) is 0 Å². The van der Waals surface area contributed by atoms with Crippen LogP contribution < -0.4 is 14.8 Å². The molecule has 27 heavy (non-hydrogen) atoms. The van der Waals surface area contributed by atoms with E-state index in [-0.39, 0.29) is 28.4 Å². The van der Waals surface area contributed by atoms with Gasteiger partial charge in [0.25, 0.3) is 5.91 Å². The van der Waals surface area contributed by atoms with Crippen LogP contribution in [0.25, 0.3) is 0 Å². The number of benzene rings is 2. The Morgan fingerprint density at radius 2 is 1.63 bits per heavy atom. The molecule has 0 aliphatic heterocycles. The predicted molar refractivity (Wildman–Crippen MR) is 100 cm³/mol. The Kier molecular flexibility index (Phi) is 6.58. The van der Waals surface area contributed by atoms with Gasteiger partial charge in [-0.05, 0) is 42.5 Å². The number of rotatable bonds is 8. The van der Waals surface area contributed by atoms with Crippen molar-refractivity contribution in [2.24, 2.45) is 0 Å². The number of amides is 1. The lowest BCUT2D eigenvalue weighted by Gasteiger charge is -2.09. The van der Waals surface area contributed by atoms with Gasteiger partial charge in [0.1, 0.15) is 5.75 Å². The van der Waals surface area contributed by atoms with Gasteiger partial charge < -0.3 is 10.1 Å². The minimum absolute atomic E-state index is 0.0220. The van der Waals surface area contributed by atoms with E-state index in [1.807, 2.05) is 0 Å². The maximum Gasteiger partial charge on any atom is 0.251 e. The lowest BCUT2D eigenvalue weighted by molar-refractivity contribution is 0.0954. The summed E-state index contributed by atoms with van der Waals surface area (Å²) in [4.78, 5) is 12.2. The summed E-state index contributed by atoms with van der Waals surface area (Å²) in [5.74, 6) is 0.0432. The molecule has 0 saturated heterocycles. The van der Waals surface area contributed by atoms with Crippen molar-refractivity contribution in [1.29, 1.82) is 0 Å². The SMILES string of the molecule is COc1ccc(S(=O)(=O)NCCNC(=O)c2cccc(S(C)(=O)=O)c2)cc1. The van der Waals surface area contributed by atoms with E-state index in [4.69, 9.17) is 4.74 Å². The number of sulfone groups is 1. The lowest BCUT2D eigenvalue weighted by atomic mass is 10.2. The standard InChI is InChI=1S/C17H20N2O6S2/c1-25-14-6-8-15(9-7-14)27(23,24)19-11-10-18-17(20)13-4-3-5-16(12-13)26(2,21)22/h3-9,12,19H,10-11H2,1-2H3,(H,18,20). The number of methoxy groups -OCH3 is 1. The van der Waals surface area contributed by atoms with Crippen molar-refractivity contribution in [3.63, 3.8) is 0 Å². The zero-order valence-electron chi connectivity index (χ0n) is 14.8. The van der Waals surface area contributed by atoms with Crippen LogP contribution in [0.5, 0.6) is 5.75 Å². The minimum atomic E-state index is -3.71. The van der Waals surface area contributed by atoms with Crippen molar-refractivity contribution in [2.45, 2.75) is 9.79 Å². The Bertz CT molecular complexity index is 1020. The molecule has 0 fully saturated rings. The fourth-order valence-corrected chi connectivity index (χ4v) is 3.87. The van der Waals surface area contributed by atoms with E-state index in [0.717, 1.165) is 6.26 Å². The quantitative estimate of drug-likeness (QED) is 0.620. The van der Waals surface area contributed by atoms with E-state index in [1.54, 1.807) is 0 Å². The molecule has 0 unspecified atom stereocenters. The van der Waals surface area contributed by atoms with Crippen LogP contribution >= 0.6 is 0 Å². The van der Waals surface area contributed by atoms with E-state index in [1.165, 1.54) is 55.6 Å². The van der Waals surface area contributed by atoms with Gasteiger partial charge in [-0.15, -0.1) is 0 Å². The highest BCUT2D eigenvalue weighted by Gasteiger charge is 2.14. The fourth-order valence-electron chi connectivity index (χ4n) is 2.17. The molecular weight excluding hydrogens is 392 g/mol. The van der Waals surface area contributed by atoms with Crippen molar-refractivity contribution in [3.8, 4) is 5.75 Å². The highest BCUT2D eigenvalue weighted by atomic mass is 32.2. The highest BCUT2D eigenvalue weighted by molar-refractivity contribution is 7.90. The fraction of sp³-hybridized carbons (Fsp3) is 0.235. The number of carbonyl (C=O) groups is 1. The summed E-state index contributed by atoms with van der Waals surface area (Å²) in [7, 11) is -5.65. The van der Waals surface area contributed by atoms with Crippen molar-refractivity contribution in [2.75, 3.05) is 26.5 Å². The average Bonchev–Trinajstić information content (AvgIpc) is 2.64. The first-order chi connectivity index (χ1) is 12.6. The van der Waals surface area contributed by atoms with E-state index < -0.39 is 25.8 Å². The van der Waals surface area contributed by atoms with Gasteiger partial charge in [-0.2, -0.15) is 0 Å². The number of nitrogens with one attached hydrogen (secondary N) is 2. The van der Waals surface area contributed by atoms with Gasteiger partial charge >= 0.3 is 0 Å². The molecule has 0 radical (unpaired) electrons. The first kappa shape index (κ1) is 20.9. The molecule has 0 aliphatic rings. The third-order valence-electron chi connectivity index (χ3n) is 3.60. The van der Waals surface area contributed by atoms with E-state index in [9.17, 15) is 21.6 Å². The van der Waals surface area contributed by atoms with Crippen LogP contribution in [-0.2, 0) is 19.9 Å². The molecular formula is C17H20N2O6S2. The molecule has 0 atom stereocenters. The van der Waals surface area contributed by atoms with Crippen LogP contribution in [0.3, 0.4) is 0 Å². The third-order valence-corrected chi connectivity index (χ3v) is 6.18. The van der Waals surface area contributed by atoms with Gasteiger partial charge in [0.15, 0.2) is 9.84 Å². The first-order valence-corrected chi connectivity index (χ1v) is 11.2.